The maximum atomic E-state index is 11.0. The van der Waals surface area contributed by atoms with Crippen LogP contribution in [0.25, 0.3) is 0 Å². The van der Waals surface area contributed by atoms with Crippen molar-refractivity contribution in [1.82, 2.24) is 5.32 Å². The molecule has 0 aliphatic carbocycles. The largest absolute Gasteiger partial charge is 0.380 e. The quantitative estimate of drug-likeness (QED) is 0.590. The van der Waals surface area contributed by atoms with Gasteiger partial charge in [0.15, 0.2) is 0 Å². The summed E-state index contributed by atoms with van der Waals surface area (Å²) in [6.07, 6.45) is 0. The zero-order chi connectivity index (χ0) is 15.1. The summed E-state index contributed by atoms with van der Waals surface area (Å²) in [6, 6.07) is 4.89. The summed E-state index contributed by atoms with van der Waals surface area (Å²) in [5, 5.41) is 14.7. The zero-order valence-corrected chi connectivity index (χ0v) is 12.8. The summed E-state index contributed by atoms with van der Waals surface area (Å²) >= 11 is 5.80. The minimum Gasteiger partial charge on any atom is -0.380 e. The van der Waals surface area contributed by atoms with Crippen LogP contribution >= 0.6 is 11.6 Å². The minimum atomic E-state index is -0.407. The number of halogens is 1. The molecule has 5 nitrogen and oxygen atoms in total. The lowest BCUT2D eigenvalue weighted by molar-refractivity contribution is -0.385. The SMILES string of the molecule is CCOCC(NCc1ccc(Cl)cc1[N+](=O)[O-])C(C)C. The normalized spacial score (nSPS) is 12.7. The van der Waals surface area contributed by atoms with Crippen LogP contribution in [-0.4, -0.2) is 24.2 Å². The summed E-state index contributed by atoms with van der Waals surface area (Å²) in [6.45, 7) is 7.80. The van der Waals surface area contributed by atoms with Crippen LogP contribution in [0.5, 0.6) is 0 Å². The van der Waals surface area contributed by atoms with Gasteiger partial charge >= 0.3 is 0 Å². The molecule has 0 aromatic heterocycles. The first-order chi connectivity index (χ1) is 9.45. The van der Waals surface area contributed by atoms with E-state index in [9.17, 15) is 10.1 Å². The summed E-state index contributed by atoms with van der Waals surface area (Å²) in [5.41, 5.74) is 0.672. The highest BCUT2D eigenvalue weighted by molar-refractivity contribution is 6.30. The molecular weight excluding hydrogens is 280 g/mol. The highest BCUT2D eigenvalue weighted by atomic mass is 35.5. The first-order valence-corrected chi connectivity index (χ1v) is 7.07. The number of nitro groups is 1. The lowest BCUT2D eigenvalue weighted by atomic mass is 10.0. The van der Waals surface area contributed by atoms with Crippen LogP contribution in [0.15, 0.2) is 18.2 Å². The molecule has 6 heteroatoms. The molecule has 1 aromatic carbocycles. The monoisotopic (exact) mass is 300 g/mol. The van der Waals surface area contributed by atoms with Gasteiger partial charge in [0.2, 0.25) is 0 Å². The molecule has 1 rings (SSSR count). The Morgan fingerprint density at radius 1 is 1.45 bits per heavy atom. The van der Waals surface area contributed by atoms with Crippen molar-refractivity contribution in [3.63, 3.8) is 0 Å². The van der Waals surface area contributed by atoms with Crippen LogP contribution < -0.4 is 5.32 Å². The molecule has 0 aliphatic rings. The van der Waals surface area contributed by atoms with E-state index in [1.165, 1.54) is 6.07 Å². The maximum Gasteiger partial charge on any atom is 0.275 e. The van der Waals surface area contributed by atoms with Crippen LogP contribution in [-0.2, 0) is 11.3 Å². The van der Waals surface area contributed by atoms with E-state index < -0.39 is 4.92 Å². The summed E-state index contributed by atoms with van der Waals surface area (Å²) in [4.78, 5) is 10.6. The fourth-order valence-corrected chi connectivity index (χ4v) is 2.00. The Morgan fingerprint density at radius 2 is 2.15 bits per heavy atom. The van der Waals surface area contributed by atoms with E-state index in [1.807, 2.05) is 6.92 Å². The first-order valence-electron chi connectivity index (χ1n) is 6.69. The van der Waals surface area contributed by atoms with Crippen LogP contribution in [0.1, 0.15) is 26.3 Å². The average molecular weight is 301 g/mol. The summed E-state index contributed by atoms with van der Waals surface area (Å²) in [5.74, 6) is 0.382. The van der Waals surface area contributed by atoms with Crippen molar-refractivity contribution in [1.29, 1.82) is 0 Å². The van der Waals surface area contributed by atoms with E-state index in [0.29, 0.717) is 36.3 Å². The Morgan fingerprint density at radius 3 is 2.70 bits per heavy atom. The fraction of sp³-hybridized carbons (Fsp3) is 0.571. The Hall–Kier alpha value is -1.17. The van der Waals surface area contributed by atoms with Crippen LogP contribution in [0.3, 0.4) is 0 Å². The zero-order valence-electron chi connectivity index (χ0n) is 12.1. The third-order valence-corrected chi connectivity index (χ3v) is 3.34. The number of nitrogens with zero attached hydrogens (tertiary/aromatic N) is 1. The number of benzene rings is 1. The maximum absolute atomic E-state index is 11.0. The summed E-state index contributed by atoms with van der Waals surface area (Å²) < 4.78 is 5.42. The number of ether oxygens (including phenoxy) is 1. The Bertz CT molecular complexity index is 452. The van der Waals surface area contributed by atoms with E-state index in [-0.39, 0.29) is 11.7 Å². The third-order valence-electron chi connectivity index (χ3n) is 3.11. The molecule has 0 bridgehead atoms. The van der Waals surface area contributed by atoms with Crippen molar-refractivity contribution in [2.24, 2.45) is 5.92 Å². The van der Waals surface area contributed by atoms with Crippen molar-refractivity contribution < 1.29 is 9.66 Å². The molecule has 1 N–H and O–H groups in total. The lowest BCUT2D eigenvalue weighted by Crippen LogP contribution is -2.37. The minimum absolute atomic E-state index is 0.0453. The molecule has 1 unspecified atom stereocenters. The van der Waals surface area contributed by atoms with Crippen LogP contribution in [0.2, 0.25) is 5.02 Å². The van der Waals surface area contributed by atoms with Gasteiger partial charge in [0, 0.05) is 35.8 Å². The molecule has 0 amide bonds. The van der Waals surface area contributed by atoms with Gasteiger partial charge in [-0.2, -0.15) is 0 Å². The second kappa shape index (κ2) is 8.19. The van der Waals surface area contributed by atoms with Crippen molar-refractivity contribution >= 4 is 17.3 Å². The molecule has 20 heavy (non-hydrogen) atoms. The number of rotatable bonds is 8. The van der Waals surface area contributed by atoms with Gasteiger partial charge in [-0.15, -0.1) is 0 Å². The third kappa shape index (κ3) is 5.07. The fourth-order valence-electron chi connectivity index (χ4n) is 1.83. The van der Waals surface area contributed by atoms with Crippen LogP contribution in [0, 0.1) is 16.0 Å². The van der Waals surface area contributed by atoms with Gasteiger partial charge in [0.25, 0.3) is 5.69 Å². The topological polar surface area (TPSA) is 64.4 Å². The Kier molecular flexibility index (Phi) is 6.91. The number of nitro benzene ring substituents is 1. The molecule has 1 atom stereocenters. The molecule has 0 saturated heterocycles. The average Bonchev–Trinajstić information content (AvgIpc) is 2.39. The van der Waals surface area contributed by atoms with Crippen molar-refractivity contribution in [2.75, 3.05) is 13.2 Å². The van der Waals surface area contributed by atoms with E-state index in [2.05, 4.69) is 19.2 Å². The predicted molar refractivity (Wildman–Crippen MR) is 80.1 cm³/mol. The number of hydrogen-bond donors (Lipinski definition) is 1. The standard InChI is InChI=1S/C14H21ClN2O3/c1-4-20-9-13(10(2)3)16-8-11-5-6-12(15)7-14(11)17(18)19/h5-7,10,13,16H,4,8-9H2,1-3H3. The van der Waals surface area contributed by atoms with Gasteiger partial charge in [0.1, 0.15) is 0 Å². The van der Waals surface area contributed by atoms with Crippen LogP contribution in [0.4, 0.5) is 5.69 Å². The Balaban J connectivity index is 2.74. The highest BCUT2D eigenvalue weighted by Gasteiger charge is 2.17. The lowest BCUT2D eigenvalue weighted by Gasteiger charge is -2.22. The highest BCUT2D eigenvalue weighted by Crippen LogP contribution is 2.23. The van der Waals surface area contributed by atoms with Gasteiger partial charge in [-0.25, -0.2) is 0 Å². The smallest absolute Gasteiger partial charge is 0.275 e. The van der Waals surface area contributed by atoms with Gasteiger partial charge in [-0.1, -0.05) is 25.4 Å². The Labute approximate surface area is 124 Å². The van der Waals surface area contributed by atoms with Crippen molar-refractivity contribution in [2.45, 2.75) is 33.4 Å². The molecule has 0 radical (unpaired) electrons. The molecule has 1 aromatic rings. The summed E-state index contributed by atoms with van der Waals surface area (Å²) in [7, 11) is 0. The molecule has 0 fully saturated rings. The van der Waals surface area contributed by atoms with E-state index in [0.717, 1.165) is 0 Å². The van der Waals surface area contributed by atoms with Gasteiger partial charge in [-0.05, 0) is 25.0 Å². The number of hydrogen-bond acceptors (Lipinski definition) is 4. The van der Waals surface area contributed by atoms with E-state index >= 15 is 0 Å². The number of nitrogens with one attached hydrogen (secondary N) is 1. The predicted octanol–water partition coefficient (Wildman–Crippen LogP) is 3.40. The van der Waals surface area contributed by atoms with Gasteiger partial charge in [-0.3, -0.25) is 10.1 Å². The van der Waals surface area contributed by atoms with E-state index in [4.69, 9.17) is 16.3 Å². The second-order valence-corrected chi connectivity index (χ2v) is 5.36. The molecule has 112 valence electrons. The second-order valence-electron chi connectivity index (χ2n) is 4.92. The van der Waals surface area contributed by atoms with Gasteiger partial charge in [0.05, 0.1) is 11.5 Å². The van der Waals surface area contributed by atoms with Crippen molar-refractivity contribution in [3.05, 3.63) is 38.9 Å². The van der Waals surface area contributed by atoms with E-state index in [1.54, 1.807) is 12.1 Å². The molecule has 0 saturated carbocycles. The molecule has 0 aliphatic heterocycles. The van der Waals surface area contributed by atoms with Crippen molar-refractivity contribution in [3.8, 4) is 0 Å². The van der Waals surface area contributed by atoms with Gasteiger partial charge < -0.3 is 10.1 Å². The molecule has 0 spiro atoms. The molecule has 0 heterocycles. The first kappa shape index (κ1) is 16.9. The molecular formula is C14H21ClN2O3.